The van der Waals surface area contributed by atoms with Crippen molar-refractivity contribution in [3.05, 3.63) is 144 Å². The summed E-state index contributed by atoms with van der Waals surface area (Å²) >= 11 is 0. The summed E-state index contributed by atoms with van der Waals surface area (Å²) in [4.78, 5) is 22.0. The molecule has 0 aliphatic carbocycles. The molecule has 8 bridgehead atoms. The molecule has 0 saturated carbocycles. The van der Waals surface area contributed by atoms with Crippen LogP contribution in [-0.2, 0) is 26.5 Å². The van der Waals surface area contributed by atoms with Crippen molar-refractivity contribution >= 4 is 188 Å². The fraction of sp³-hybridized carbons (Fsp3) is 0.290. The molecule has 6 fully saturated rings. The van der Waals surface area contributed by atoms with Gasteiger partial charge in [-0.15, -0.1) is 33.5 Å². The Morgan fingerprint density at radius 2 is 0.703 bits per heavy atom. The number of aliphatic hydroxyl groups excluding tert-OH is 8. The van der Waals surface area contributed by atoms with Crippen LogP contribution in [0.15, 0.2) is 121 Å². The molecule has 8 N–H and O–H groups in total. The number of hydrogen-bond acceptors (Lipinski definition) is 16. The zero-order valence-corrected chi connectivity index (χ0v) is 55.2. The normalized spacial score (nSPS) is 27.4. The van der Waals surface area contributed by atoms with Gasteiger partial charge < -0.3 is 79.2 Å². The van der Waals surface area contributed by atoms with Crippen molar-refractivity contribution in [2.75, 3.05) is 26.4 Å². The molecule has 8 aliphatic rings. The summed E-state index contributed by atoms with van der Waals surface area (Å²) in [6.07, 6.45) is -7.49. The van der Waals surface area contributed by atoms with Gasteiger partial charge in [0, 0.05) is 113 Å². The second-order valence-corrected chi connectivity index (χ2v) is 25.7. The van der Waals surface area contributed by atoms with E-state index in [9.17, 15) is 40.9 Å². The molecule has 6 saturated heterocycles. The maximum atomic E-state index is 11.1. The third-order valence-corrected chi connectivity index (χ3v) is 19.1. The van der Waals surface area contributed by atoms with Gasteiger partial charge in [0.25, 0.3) is 0 Å². The summed E-state index contributed by atoms with van der Waals surface area (Å²) in [6.45, 7) is -0.525. The molecule has 18 nitrogen and oxygen atoms in total. The van der Waals surface area contributed by atoms with Crippen molar-refractivity contribution in [1.82, 2.24) is 19.9 Å². The Balaban J connectivity index is 0.00000866. The van der Waals surface area contributed by atoms with Gasteiger partial charge in [0.05, 0.1) is 63.5 Å². The van der Waals surface area contributed by atoms with E-state index in [1.807, 2.05) is 194 Å². The average molecular weight is 1360 g/mol. The number of ether oxygens (including phenoxy) is 6. The Labute approximate surface area is 612 Å². The standard InChI is InChI=1S/C62H52B20N4O14.Cu/c87-25-45-51(89)53(91)55(93)57(99-45)97-35-11-3-7-31(23-35)49-41-17-13-37(83-41)47(29-5-1-9-33(21-29)95-27-61-59(63-61)65-69-73-77-81-79-75-71-67-61)38-14-18-42(84-38)50(32-8-4-12-36(24-32)98-58-56(94)54(92)52(90)46(26-88)100-58)44-20-16-40(86-44)48(39-15-19-43(49)85-39)30-6-2-10-34(22-30)96-28-62-60(64-62)66-70-74-78-82-80-76-72-68-62;/h1-24,45-46,51-60,87-94H,25-28H2;/q-2;+2/t45-,46-,51-,52-,53+,54+,55+,56+,57-,58-,59?,60?,61?,62?;/m1./s1. The molecule has 7 aromatic rings. The van der Waals surface area contributed by atoms with Crippen LogP contribution in [0.1, 0.15) is 22.8 Å². The minimum atomic E-state index is -1.67. The summed E-state index contributed by atoms with van der Waals surface area (Å²) in [5, 5.41) is 84.6. The SMILES string of the molecule is OC[C@H]1O[C@@H](Oc2cccc(-c3c4nc(c(-c5cccc(OCC67[B][B][B][B][B][B][B][B][B]C6[B]7)c5)c5ccc([n-]5)c(-c5cccc(O[C@@H]6O[C@H](CO)[C@@H](O)[C@H](O)[C@@H]6O)c5)c5nc(c(-c6cccc(OCC78[B][B][B][B][B][B][B][B][B]C7[B]8)c6)c6ccc3[n-]6)C=C5)C=C4)c2)[C@@H](O)[C@@H](O)[C@@H]1O.[Cu+2]. The first-order valence-corrected chi connectivity index (χ1v) is 33.3. The van der Waals surface area contributed by atoms with Crippen LogP contribution < -0.4 is 28.9 Å². The minimum Gasteiger partial charge on any atom is -0.657 e. The van der Waals surface area contributed by atoms with E-state index in [1.54, 1.807) is 36.4 Å². The van der Waals surface area contributed by atoms with Crippen molar-refractivity contribution in [2.45, 2.75) is 83.3 Å². The fourth-order valence-corrected chi connectivity index (χ4v) is 13.5. The van der Waals surface area contributed by atoms with Gasteiger partial charge in [0.2, 0.25) is 12.6 Å². The minimum absolute atomic E-state index is 0. The maximum Gasteiger partial charge on any atom is 2.00 e. The Kier molecular flexibility index (Phi) is 22.7. The first-order chi connectivity index (χ1) is 48.8. The molecule has 101 heavy (non-hydrogen) atoms. The molecule has 4 unspecified atom stereocenters. The van der Waals surface area contributed by atoms with E-state index in [1.165, 1.54) is 0 Å². The third-order valence-electron chi connectivity index (χ3n) is 19.1. The van der Waals surface area contributed by atoms with Gasteiger partial charge in [-0.25, -0.2) is 9.97 Å². The van der Waals surface area contributed by atoms with E-state index >= 15 is 0 Å². The van der Waals surface area contributed by atoms with E-state index < -0.39 is 74.6 Å². The van der Waals surface area contributed by atoms with Crippen LogP contribution in [0.5, 0.6) is 23.0 Å². The van der Waals surface area contributed by atoms with Gasteiger partial charge in [0.15, 0.2) is 0 Å². The van der Waals surface area contributed by atoms with Gasteiger partial charge in [-0.05, 0) is 117 Å². The van der Waals surface area contributed by atoms with E-state index in [4.69, 9.17) is 48.4 Å². The molecule has 21 radical (unpaired) electrons. The summed E-state index contributed by atoms with van der Waals surface area (Å²) in [5.41, 5.74) is 9.78. The second kappa shape index (κ2) is 31.8. The first-order valence-electron chi connectivity index (χ1n) is 33.3. The molecule has 15 rings (SSSR count). The topological polar surface area (TPSA) is 271 Å². The van der Waals surface area contributed by atoms with Gasteiger partial charge in [-0.2, -0.15) is 0 Å². The van der Waals surface area contributed by atoms with Crippen molar-refractivity contribution in [3.63, 3.8) is 0 Å². The Morgan fingerprint density at radius 1 is 0.386 bits per heavy atom. The molecule has 3 aromatic heterocycles. The quantitative estimate of drug-likeness (QED) is 0.0496. The van der Waals surface area contributed by atoms with Crippen molar-refractivity contribution in [2.24, 2.45) is 0 Å². The summed E-state index contributed by atoms with van der Waals surface area (Å²) < 4.78 is 37.7. The number of hydrogen-bond donors (Lipinski definition) is 8. The van der Waals surface area contributed by atoms with E-state index in [-0.39, 0.29) is 50.4 Å². The Hall–Kier alpha value is -5.90. The van der Waals surface area contributed by atoms with Crippen molar-refractivity contribution < 1.29 is 86.3 Å². The predicted octanol–water partition coefficient (Wildman–Crippen LogP) is -1.80. The van der Waals surface area contributed by atoms with Crippen LogP contribution in [0, 0.1) is 0 Å². The van der Waals surface area contributed by atoms with Gasteiger partial charge in [-0.3, -0.25) is 0 Å². The number of aromatic nitrogens is 4. The summed E-state index contributed by atoms with van der Waals surface area (Å²) in [7, 11) is 41.4. The summed E-state index contributed by atoms with van der Waals surface area (Å²) in [6, 6.07) is 37.6. The Bertz CT molecular complexity index is 4100. The van der Waals surface area contributed by atoms with Crippen LogP contribution in [0.25, 0.3) is 90.9 Å². The number of nitrogens with zero attached hydrogens (tertiary/aromatic N) is 4. The molecule has 4 aromatic carbocycles. The van der Waals surface area contributed by atoms with E-state index in [2.05, 4.69) is 57.4 Å². The van der Waals surface area contributed by atoms with Crippen LogP contribution in [0.3, 0.4) is 0 Å². The van der Waals surface area contributed by atoms with Gasteiger partial charge in [0.1, 0.15) is 86.4 Å². The molecular formula is C62H52B20CuN4O14. The molecule has 39 heteroatoms. The molecule has 0 amide bonds. The smallest absolute Gasteiger partial charge is 0.657 e. The molecule has 0 spiro atoms. The number of benzene rings is 4. The van der Waals surface area contributed by atoms with Crippen LogP contribution in [0.2, 0.25) is 21.9 Å². The van der Waals surface area contributed by atoms with Crippen LogP contribution >= 0.6 is 0 Å². The summed E-state index contributed by atoms with van der Waals surface area (Å²) in [5.74, 6) is 1.70. The first kappa shape index (κ1) is 72.1. The van der Waals surface area contributed by atoms with E-state index in [0.29, 0.717) is 103 Å². The predicted molar refractivity (Wildman–Crippen MR) is 406 cm³/mol. The zero-order chi connectivity index (χ0) is 68.5. The number of rotatable bonds is 16. The zero-order valence-electron chi connectivity index (χ0n) is 54.3. The largest absolute Gasteiger partial charge is 2.00 e. The average Bonchev–Trinajstić information content (AvgIpc) is 1.64. The van der Waals surface area contributed by atoms with Crippen molar-refractivity contribution in [1.29, 1.82) is 0 Å². The third kappa shape index (κ3) is 15.6. The fourth-order valence-electron chi connectivity index (χ4n) is 13.5. The maximum absolute atomic E-state index is 11.1. The van der Waals surface area contributed by atoms with E-state index in [0.717, 1.165) is 11.1 Å². The number of fused-ring (bicyclic) bond motifs is 10. The molecule has 8 aliphatic heterocycles. The van der Waals surface area contributed by atoms with Crippen LogP contribution in [0.4, 0.5) is 0 Å². The van der Waals surface area contributed by atoms with Crippen LogP contribution in [-0.4, -0.2) is 281 Å². The molecule has 11 heterocycles. The second-order valence-electron chi connectivity index (χ2n) is 25.7. The Morgan fingerprint density at radius 3 is 1.05 bits per heavy atom. The van der Waals surface area contributed by atoms with Gasteiger partial charge in [-0.1, -0.05) is 83.2 Å². The number of aliphatic hydroxyl groups is 8. The van der Waals surface area contributed by atoms with Crippen molar-refractivity contribution in [3.8, 4) is 67.5 Å². The monoisotopic (exact) mass is 1360 g/mol. The van der Waals surface area contributed by atoms with Gasteiger partial charge >= 0.3 is 17.1 Å². The molecule has 475 valence electrons. The molecule has 14 atom stereocenters. The molecular weight excluding hydrogens is 1300 g/mol.